The smallest absolute Gasteiger partial charge is 0.0348 e. The minimum atomic E-state index is 0.579. The molecule has 1 aromatic carbocycles. The van der Waals surface area contributed by atoms with Gasteiger partial charge in [-0.15, -0.1) is 0 Å². The summed E-state index contributed by atoms with van der Waals surface area (Å²) < 4.78 is 0. The van der Waals surface area contributed by atoms with Crippen molar-refractivity contribution >= 4 is 0 Å². The second-order valence-corrected chi connectivity index (χ2v) is 4.65. The zero-order valence-corrected chi connectivity index (χ0v) is 9.79. The molecule has 0 bridgehead atoms. The first-order valence-corrected chi connectivity index (χ1v) is 6.14. The number of benzene rings is 1. The van der Waals surface area contributed by atoms with Gasteiger partial charge in [0.1, 0.15) is 0 Å². The van der Waals surface area contributed by atoms with Gasteiger partial charge in [0.05, 0.1) is 0 Å². The van der Waals surface area contributed by atoms with Crippen molar-refractivity contribution in [3.05, 3.63) is 35.4 Å². The van der Waals surface area contributed by atoms with Crippen molar-refractivity contribution in [1.29, 1.82) is 0 Å². The third kappa shape index (κ3) is 2.23. The summed E-state index contributed by atoms with van der Waals surface area (Å²) in [6, 6.07) is 9.47. The van der Waals surface area contributed by atoms with E-state index in [0.717, 1.165) is 12.5 Å². The molecule has 0 radical (unpaired) electrons. The van der Waals surface area contributed by atoms with Gasteiger partial charge in [0.15, 0.2) is 0 Å². The molecule has 2 rings (SSSR count). The molecule has 2 unspecified atom stereocenters. The third-order valence-electron chi connectivity index (χ3n) is 3.46. The summed E-state index contributed by atoms with van der Waals surface area (Å²) in [6.45, 7) is 5.77. The fourth-order valence-corrected chi connectivity index (χ4v) is 2.67. The Labute approximate surface area is 92.9 Å². The molecular weight excluding hydrogens is 182 g/mol. The Kier molecular flexibility index (Phi) is 3.42. The van der Waals surface area contributed by atoms with E-state index >= 15 is 0 Å². The lowest BCUT2D eigenvalue weighted by atomic mass is 9.85. The molecule has 15 heavy (non-hydrogen) atoms. The predicted octanol–water partition coefficient (Wildman–Crippen LogP) is 3.31. The average molecular weight is 203 g/mol. The molecule has 1 aromatic rings. The normalized spacial score (nSPS) is 22.1. The fraction of sp³-hybridized carbons (Fsp3) is 0.571. The molecule has 2 atom stereocenters. The molecule has 0 aromatic heterocycles. The van der Waals surface area contributed by atoms with Crippen LogP contribution in [0.2, 0.25) is 0 Å². The molecule has 1 aliphatic rings. The van der Waals surface area contributed by atoms with Crippen molar-refractivity contribution in [2.45, 2.75) is 39.2 Å². The van der Waals surface area contributed by atoms with E-state index in [-0.39, 0.29) is 0 Å². The number of hydrogen-bond donors (Lipinski definition) is 1. The molecule has 1 nitrogen and oxygen atoms in total. The molecule has 1 heterocycles. The largest absolute Gasteiger partial charge is 0.309 e. The lowest BCUT2D eigenvalue weighted by molar-refractivity contribution is 0.350. The molecule has 0 amide bonds. The first-order valence-electron chi connectivity index (χ1n) is 6.14. The van der Waals surface area contributed by atoms with Crippen molar-refractivity contribution in [2.75, 3.05) is 6.54 Å². The Hall–Kier alpha value is -0.820. The van der Waals surface area contributed by atoms with E-state index in [1.165, 1.54) is 24.8 Å². The van der Waals surface area contributed by atoms with Crippen LogP contribution in [0.4, 0.5) is 0 Å². The van der Waals surface area contributed by atoms with E-state index in [1.807, 2.05) is 0 Å². The maximum Gasteiger partial charge on any atom is 0.0348 e. The summed E-state index contributed by atoms with van der Waals surface area (Å²) in [5.74, 6) is 0.747. The SMILES string of the molecule is CCCC(C)C1NCCc2ccccc21. The van der Waals surface area contributed by atoms with Crippen LogP contribution in [-0.2, 0) is 6.42 Å². The van der Waals surface area contributed by atoms with Gasteiger partial charge in [-0.2, -0.15) is 0 Å². The molecule has 1 aliphatic heterocycles. The van der Waals surface area contributed by atoms with E-state index in [9.17, 15) is 0 Å². The van der Waals surface area contributed by atoms with Crippen molar-refractivity contribution in [2.24, 2.45) is 5.92 Å². The first kappa shape index (κ1) is 10.7. The van der Waals surface area contributed by atoms with Gasteiger partial charge in [-0.3, -0.25) is 0 Å². The van der Waals surface area contributed by atoms with Crippen LogP contribution in [0.5, 0.6) is 0 Å². The van der Waals surface area contributed by atoms with Crippen molar-refractivity contribution in [1.82, 2.24) is 5.32 Å². The van der Waals surface area contributed by atoms with Gasteiger partial charge in [-0.1, -0.05) is 44.5 Å². The zero-order valence-electron chi connectivity index (χ0n) is 9.79. The molecular formula is C14H21N. The molecule has 0 saturated carbocycles. The van der Waals surface area contributed by atoms with Crippen molar-refractivity contribution in [3.63, 3.8) is 0 Å². The highest BCUT2D eigenvalue weighted by molar-refractivity contribution is 5.32. The van der Waals surface area contributed by atoms with E-state index in [0.29, 0.717) is 6.04 Å². The highest BCUT2D eigenvalue weighted by Gasteiger charge is 2.23. The Morgan fingerprint density at radius 3 is 3.00 bits per heavy atom. The summed E-state index contributed by atoms with van der Waals surface area (Å²) in [6.07, 6.45) is 3.78. The topological polar surface area (TPSA) is 12.0 Å². The Morgan fingerprint density at radius 2 is 2.20 bits per heavy atom. The minimum Gasteiger partial charge on any atom is -0.309 e. The average Bonchev–Trinajstić information content (AvgIpc) is 2.28. The van der Waals surface area contributed by atoms with Gasteiger partial charge in [0, 0.05) is 6.04 Å². The van der Waals surface area contributed by atoms with Gasteiger partial charge in [0.25, 0.3) is 0 Å². The van der Waals surface area contributed by atoms with E-state index in [2.05, 4.69) is 43.4 Å². The Bertz CT molecular complexity index is 319. The minimum absolute atomic E-state index is 0.579. The van der Waals surface area contributed by atoms with Crippen LogP contribution in [0.15, 0.2) is 24.3 Å². The molecule has 1 heteroatoms. The standard InChI is InChI=1S/C14H21N/c1-3-6-11(2)14-13-8-5-4-7-12(13)9-10-15-14/h4-5,7-8,11,14-15H,3,6,9-10H2,1-2H3. The second-order valence-electron chi connectivity index (χ2n) is 4.65. The zero-order chi connectivity index (χ0) is 10.7. The van der Waals surface area contributed by atoms with Crippen LogP contribution in [0.3, 0.4) is 0 Å². The molecule has 1 N–H and O–H groups in total. The Morgan fingerprint density at radius 1 is 1.40 bits per heavy atom. The van der Waals surface area contributed by atoms with Gasteiger partial charge in [-0.25, -0.2) is 0 Å². The van der Waals surface area contributed by atoms with Crippen LogP contribution in [0.25, 0.3) is 0 Å². The van der Waals surface area contributed by atoms with Gasteiger partial charge >= 0.3 is 0 Å². The molecule has 0 saturated heterocycles. The van der Waals surface area contributed by atoms with Crippen LogP contribution in [0, 0.1) is 5.92 Å². The number of nitrogens with one attached hydrogen (secondary N) is 1. The summed E-state index contributed by atoms with van der Waals surface area (Å²) in [7, 11) is 0. The summed E-state index contributed by atoms with van der Waals surface area (Å²) >= 11 is 0. The third-order valence-corrected chi connectivity index (χ3v) is 3.46. The number of fused-ring (bicyclic) bond motifs is 1. The number of hydrogen-bond acceptors (Lipinski definition) is 1. The van der Waals surface area contributed by atoms with Gasteiger partial charge in [-0.05, 0) is 36.4 Å². The van der Waals surface area contributed by atoms with Crippen LogP contribution < -0.4 is 5.32 Å². The van der Waals surface area contributed by atoms with E-state index in [1.54, 1.807) is 5.56 Å². The molecule has 82 valence electrons. The van der Waals surface area contributed by atoms with E-state index < -0.39 is 0 Å². The highest BCUT2D eigenvalue weighted by Crippen LogP contribution is 2.30. The van der Waals surface area contributed by atoms with Crippen molar-refractivity contribution < 1.29 is 0 Å². The summed E-state index contributed by atoms with van der Waals surface area (Å²) in [5, 5.41) is 3.66. The monoisotopic (exact) mass is 203 g/mol. The van der Waals surface area contributed by atoms with E-state index in [4.69, 9.17) is 0 Å². The molecule has 0 fully saturated rings. The fourth-order valence-electron chi connectivity index (χ4n) is 2.67. The lowest BCUT2D eigenvalue weighted by Gasteiger charge is -2.31. The quantitative estimate of drug-likeness (QED) is 0.794. The van der Waals surface area contributed by atoms with Crippen LogP contribution in [-0.4, -0.2) is 6.54 Å². The first-order chi connectivity index (χ1) is 7.33. The Balaban J connectivity index is 2.21. The molecule has 0 spiro atoms. The second kappa shape index (κ2) is 4.80. The highest BCUT2D eigenvalue weighted by atomic mass is 14.9. The number of rotatable bonds is 3. The maximum atomic E-state index is 3.66. The lowest BCUT2D eigenvalue weighted by Crippen LogP contribution is -2.33. The predicted molar refractivity (Wildman–Crippen MR) is 65.0 cm³/mol. The summed E-state index contributed by atoms with van der Waals surface area (Å²) in [5.41, 5.74) is 3.08. The van der Waals surface area contributed by atoms with Gasteiger partial charge < -0.3 is 5.32 Å². The molecule has 0 aliphatic carbocycles. The van der Waals surface area contributed by atoms with Crippen LogP contribution >= 0.6 is 0 Å². The van der Waals surface area contributed by atoms with Crippen molar-refractivity contribution in [3.8, 4) is 0 Å². The maximum absolute atomic E-state index is 3.66. The summed E-state index contributed by atoms with van der Waals surface area (Å²) in [4.78, 5) is 0. The van der Waals surface area contributed by atoms with Gasteiger partial charge in [0.2, 0.25) is 0 Å². The van der Waals surface area contributed by atoms with Crippen LogP contribution in [0.1, 0.15) is 43.9 Å².